The Balaban J connectivity index is 1.76. The minimum absolute atomic E-state index is 0.0686. The maximum Gasteiger partial charge on any atom is 0.269 e. The molecule has 0 saturated heterocycles. The van der Waals surface area contributed by atoms with E-state index in [-0.39, 0.29) is 11.9 Å². The summed E-state index contributed by atoms with van der Waals surface area (Å²) in [6.07, 6.45) is 1.35. The van der Waals surface area contributed by atoms with Gasteiger partial charge in [-0.1, -0.05) is 53.6 Å². The molecule has 28 heavy (non-hydrogen) atoms. The highest BCUT2D eigenvalue weighted by Crippen LogP contribution is 2.47. The van der Waals surface area contributed by atoms with Gasteiger partial charge in [-0.2, -0.15) is 0 Å². The first-order valence-corrected chi connectivity index (χ1v) is 9.13. The molecule has 2 aromatic carbocycles. The van der Waals surface area contributed by atoms with Crippen molar-refractivity contribution in [3.63, 3.8) is 0 Å². The van der Waals surface area contributed by atoms with Crippen LogP contribution in [0, 0.1) is 17.0 Å². The molecular formula is C20H18ClN5O2. The minimum atomic E-state index is -0.400. The number of hydrogen-bond acceptors (Lipinski definition) is 6. The van der Waals surface area contributed by atoms with E-state index in [1.807, 2.05) is 14.0 Å². The van der Waals surface area contributed by atoms with Crippen molar-refractivity contribution in [2.75, 3.05) is 16.8 Å². The number of halogens is 1. The number of nitrogens with zero attached hydrogens (tertiary/aromatic N) is 5. The second kappa shape index (κ2) is 7.09. The van der Waals surface area contributed by atoms with Crippen LogP contribution in [0.5, 0.6) is 0 Å². The summed E-state index contributed by atoms with van der Waals surface area (Å²) in [5.74, 6) is 0.757. The quantitative estimate of drug-likeness (QED) is 0.367. The smallest absolute Gasteiger partial charge is 0.269 e. The molecule has 0 bridgehead atoms. The molecular weight excluding hydrogens is 378 g/mol. The van der Waals surface area contributed by atoms with Crippen molar-refractivity contribution in [2.24, 2.45) is 0 Å². The van der Waals surface area contributed by atoms with Crippen LogP contribution in [0.2, 0.25) is 5.15 Å². The lowest BCUT2D eigenvalue weighted by Crippen LogP contribution is -2.33. The van der Waals surface area contributed by atoms with Crippen LogP contribution in [0.4, 0.5) is 17.2 Å². The van der Waals surface area contributed by atoms with Crippen LogP contribution in [-0.2, 0) is 6.54 Å². The summed E-state index contributed by atoms with van der Waals surface area (Å²) in [5.41, 5.74) is 4.05. The van der Waals surface area contributed by atoms with E-state index in [1.165, 1.54) is 24.0 Å². The minimum Gasteiger partial charge on any atom is -0.337 e. The first-order valence-electron chi connectivity index (χ1n) is 8.75. The first-order chi connectivity index (χ1) is 13.5. The summed E-state index contributed by atoms with van der Waals surface area (Å²) in [7, 11) is 1.97. The maximum absolute atomic E-state index is 10.9. The van der Waals surface area contributed by atoms with Crippen LogP contribution in [-0.4, -0.2) is 21.9 Å². The molecule has 0 fully saturated rings. The molecule has 0 N–H and O–H groups in total. The standard InChI is InChI=1S/C20H18ClN5O2/c1-13-3-7-15(8-4-13)20-24(2)19-17(18(21)22-12-23-19)25(20)11-14-5-9-16(10-6-14)26(27)28/h3-10,12,20H,11H2,1-2H3. The van der Waals surface area contributed by atoms with Gasteiger partial charge in [0, 0.05) is 25.7 Å². The Kier molecular flexibility index (Phi) is 4.60. The molecule has 3 aromatic rings. The lowest BCUT2D eigenvalue weighted by molar-refractivity contribution is -0.384. The van der Waals surface area contributed by atoms with Crippen molar-refractivity contribution < 1.29 is 4.92 Å². The van der Waals surface area contributed by atoms with Crippen LogP contribution < -0.4 is 9.80 Å². The monoisotopic (exact) mass is 395 g/mol. The zero-order valence-corrected chi connectivity index (χ0v) is 16.2. The molecule has 0 saturated carbocycles. The number of non-ortho nitro benzene ring substituents is 1. The highest BCUT2D eigenvalue weighted by atomic mass is 35.5. The van der Waals surface area contributed by atoms with Gasteiger partial charge in [-0.15, -0.1) is 0 Å². The van der Waals surface area contributed by atoms with Gasteiger partial charge in [-0.3, -0.25) is 10.1 Å². The zero-order chi connectivity index (χ0) is 19.8. The summed E-state index contributed by atoms with van der Waals surface area (Å²) in [5, 5.41) is 11.3. The number of aromatic nitrogens is 2. The fraction of sp³-hybridized carbons (Fsp3) is 0.200. The van der Waals surface area contributed by atoms with Crippen LogP contribution >= 0.6 is 11.6 Å². The highest BCUT2D eigenvalue weighted by Gasteiger charge is 2.38. The SMILES string of the molecule is Cc1ccc(C2N(C)c3ncnc(Cl)c3N2Cc2ccc([N+](=O)[O-])cc2)cc1. The Labute approximate surface area is 167 Å². The molecule has 7 nitrogen and oxygen atoms in total. The van der Waals surface area contributed by atoms with E-state index in [0.29, 0.717) is 11.7 Å². The van der Waals surface area contributed by atoms with Crippen LogP contribution in [0.25, 0.3) is 0 Å². The van der Waals surface area contributed by atoms with Gasteiger partial charge in [0.05, 0.1) is 4.92 Å². The van der Waals surface area contributed by atoms with Crippen molar-refractivity contribution in [3.05, 3.63) is 86.8 Å². The topological polar surface area (TPSA) is 75.4 Å². The van der Waals surface area contributed by atoms with Gasteiger partial charge < -0.3 is 9.80 Å². The van der Waals surface area contributed by atoms with Crippen LogP contribution in [0.3, 0.4) is 0 Å². The lowest BCUT2D eigenvalue weighted by atomic mass is 10.1. The Morgan fingerprint density at radius 3 is 2.43 bits per heavy atom. The lowest BCUT2D eigenvalue weighted by Gasteiger charge is -2.31. The number of nitro benzene ring substituents is 1. The van der Waals surface area contributed by atoms with Gasteiger partial charge in [0.1, 0.15) is 18.2 Å². The Morgan fingerprint density at radius 2 is 1.79 bits per heavy atom. The number of fused-ring (bicyclic) bond motifs is 1. The van der Waals surface area contributed by atoms with E-state index in [0.717, 1.165) is 22.6 Å². The largest absolute Gasteiger partial charge is 0.337 e. The number of benzene rings is 2. The fourth-order valence-electron chi connectivity index (χ4n) is 3.53. The molecule has 4 rings (SSSR count). The van der Waals surface area contributed by atoms with Gasteiger partial charge >= 0.3 is 0 Å². The maximum atomic E-state index is 10.9. The van der Waals surface area contributed by atoms with Crippen LogP contribution in [0.1, 0.15) is 22.9 Å². The third kappa shape index (κ3) is 3.14. The van der Waals surface area contributed by atoms with Gasteiger partial charge in [-0.25, -0.2) is 9.97 Å². The van der Waals surface area contributed by atoms with E-state index >= 15 is 0 Å². The Bertz CT molecular complexity index is 1020. The Morgan fingerprint density at radius 1 is 1.11 bits per heavy atom. The second-order valence-electron chi connectivity index (χ2n) is 6.78. The van der Waals surface area contributed by atoms with E-state index in [1.54, 1.807) is 12.1 Å². The van der Waals surface area contributed by atoms with Gasteiger partial charge in [0.25, 0.3) is 5.69 Å². The Hall–Kier alpha value is -3.19. The number of aryl methyl sites for hydroxylation is 1. The predicted molar refractivity (Wildman–Crippen MR) is 109 cm³/mol. The summed E-state index contributed by atoms with van der Waals surface area (Å²) >= 11 is 6.43. The van der Waals surface area contributed by atoms with Crippen molar-refractivity contribution in [3.8, 4) is 0 Å². The van der Waals surface area contributed by atoms with Gasteiger partial charge in [0.2, 0.25) is 0 Å². The van der Waals surface area contributed by atoms with Crippen molar-refractivity contribution in [2.45, 2.75) is 19.6 Å². The van der Waals surface area contributed by atoms with E-state index in [9.17, 15) is 10.1 Å². The average molecular weight is 396 g/mol. The van der Waals surface area contributed by atoms with E-state index < -0.39 is 4.92 Å². The number of anilines is 2. The predicted octanol–water partition coefficient (Wildman–Crippen LogP) is 4.50. The molecule has 1 unspecified atom stereocenters. The summed E-state index contributed by atoms with van der Waals surface area (Å²) in [6.45, 7) is 2.56. The van der Waals surface area contributed by atoms with Crippen molar-refractivity contribution in [1.82, 2.24) is 9.97 Å². The normalized spacial score (nSPS) is 15.6. The molecule has 1 aliphatic rings. The van der Waals surface area contributed by atoms with Crippen molar-refractivity contribution in [1.29, 1.82) is 0 Å². The first kappa shape index (κ1) is 18.2. The highest BCUT2D eigenvalue weighted by molar-refractivity contribution is 6.32. The number of rotatable bonds is 4. The molecule has 0 spiro atoms. The molecule has 1 aromatic heterocycles. The average Bonchev–Trinajstić information content (AvgIpc) is 2.96. The molecule has 1 atom stereocenters. The molecule has 1 aliphatic heterocycles. The molecule has 8 heteroatoms. The summed E-state index contributed by atoms with van der Waals surface area (Å²) in [6, 6.07) is 14.9. The molecule has 142 valence electrons. The third-order valence-electron chi connectivity index (χ3n) is 4.92. The van der Waals surface area contributed by atoms with Gasteiger partial charge in [0.15, 0.2) is 11.0 Å². The van der Waals surface area contributed by atoms with E-state index in [4.69, 9.17) is 11.6 Å². The fourth-order valence-corrected chi connectivity index (χ4v) is 3.77. The summed E-state index contributed by atoms with van der Waals surface area (Å²) in [4.78, 5) is 23.3. The van der Waals surface area contributed by atoms with E-state index in [2.05, 4.69) is 44.0 Å². The van der Waals surface area contributed by atoms with Crippen molar-refractivity contribution >= 4 is 28.8 Å². The molecule has 0 radical (unpaired) electrons. The molecule has 0 aliphatic carbocycles. The molecule has 2 heterocycles. The van der Waals surface area contributed by atoms with Crippen LogP contribution in [0.15, 0.2) is 54.9 Å². The third-order valence-corrected chi connectivity index (χ3v) is 5.19. The zero-order valence-electron chi connectivity index (χ0n) is 15.4. The van der Waals surface area contributed by atoms with Gasteiger partial charge in [-0.05, 0) is 18.1 Å². The number of hydrogen-bond donors (Lipinski definition) is 0. The second-order valence-corrected chi connectivity index (χ2v) is 7.14. The number of nitro groups is 1. The molecule has 0 amide bonds. The summed E-state index contributed by atoms with van der Waals surface area (Å²) < 4.78 is 0.